The first kappa shape index (κ1) is 20.4. The summed E-state index contributed by atoms with van der Waals surface area (Å²) in [5, 5.41) is 12.7. The molecule has 31 heavy (non-hydrogen) atoms. The van der Waals surface area contributed by atoms with Crippen molar-refractivity contribution < 1.29 is 17.9 Å². The molecule has 2 N–H and O–H groups in total. The fourth-order valence-electron chi connectivity index (χ4n) is 3.17. The predicted molar refractivity (Wildman–Crippen MR) is 119 cm³/mol. The van der Waals surface area contributed by atoms with Crippen LogP contribution in [-0.4, -0.2) is 39.0 Å². The molecule has 4 aromatic rings. The van der Waals surface area contributed by atoms with Gasteiger partial charge in [0.1, 0.15) is 0 Å². The van der Waals surface area contributed by atoms with Crippen LogP contribution in [0, 0.1) is 0 Å². The molecule has 158 valence electrons. The molecule has 0 amide bonds. The van der Waals surface area contributed by atoms with Crippen molar-refractivity contribution in [2.75, 3.05) is 14.2 Å². The number of hydrazone groups is 1. The topological polar surface area (TPSA) is 106 Å². The van der Waals surface area contributed by atoms with Crippen molar-refractivity contribution in [3.8, 4) is 22.8 Å². The van der Waals surface area contributed by atoms with Gasteiger partial charge in [-0.15, -0.1) is 0 Å². The van der Waals surface area contributed by atoms with E-state index in [0.717, 1.165) is 16.3 Å². The Balaban J connectivity index is 1.56. The molecule has 0 saturated carbocycles. The highest BCUT2D eigenvalue weighted by molar-refractivity contribution is 7.89. The standard InChI is InChI=1S/C22H20N4O4S/c1-29-20-10-8-17(12-21(20)30-2)22-18(13-23-25-22)14-24-26-31(27,28)19-9-7-15-5-3-4-6-16(15)11-19/h3-14,26H,1-2H3,(H,23,25). The quantitative estimate of drug-likeness (QED) is 0.340. The first-order valence-electron chi connectivity index (χ1n) is 9.31. The lowest BCUT2D eigenvalue weighted by atomic mass is 10.1. The summed E-state index contributed by atoms with van der Waals surface area (Å²) >= 11 is 0. The van der Waals surface area contributed by atoms with Crippen molar-refractivity contribution >= 4 is 27.0 Å². The van der Waals surface area contributed by atoms with E-state index in [0.29, 0.717) is 22.8 Å². The Labute approximate surface area is 179 Å². The average Bonchev–Trinajstić information content (AvgIpc) is 3.26. The smallest absolute Gasteiger partial charge is 0.276 e. The number of ether oxygens (including phenoxy) is 2. The molecule has 0 saturated heterocycles. The van der Waals surface area contributed by atoms with Crippen molar-refractivity contribution in [3.05, 3.63) is 72.4 Å². The summed E-state index contributed by atoms with van der Waals surface area (Å²) in [6.45, 7) is 0. The van der Waals surface area contributed by atoms with Gasteiger partial charge in [-0.3, -0.25) is 5.10 Å². The summed E-state index contributed by atoms with van der Waals surface area (Å²) in [4.78, 5) is 2.39. The maximum atomic E-state index is 12.6. The number of nitrogens with zero attached hydrogens (tertiary/aromatic N) is 2. The van der Waals surface area contributed by atoms with Crippen molar-refractivity contribution in [1.82, 2.24) is 15.0 Å². The van der Waals surface area contributed by atoms with Crippen LogP contribution in [0.25, 0.3) is 22.0 Å². The van der Waals surface area contributed by atoms with E-state index in [9.17, 15) is 8.42 Å². The third-order valence-electron chi connectivity index (χ3n) is 4.75. The first-order chi connectivity index (χ1) is 15.0. The third kappa shape index (κ3) is 4.22. The number of aromatic nitrogens is 2. The number of hydrogen-bond acceptors (Lipinski definition) is 6. The van der Waals surface area contributed by atoms with E-state index < -0.39 is 10.0 Å². The fourth-order valence-corrected chi connectivity index (χ4v) is 4.00. The van der Waals surface area contributed by atoms with Crippen LogP contribution in [0.1, 0.15) is 5.56 Å². The second kappa shape index (κ2) is 8.49. The number of aromatic amines is 1. The molecule has 0 unspecified atom stereocenters. The van der Waals surface area contributed by atoms with Crippen molar-refractivity contribution in [2.45, 2.75) is 4.90 Å². The third-order valence-corrected chi connectivity index (χ3v) is 5.97. The van der Waals surface area contributed by atoms with Crippen LogP contribution in [0.5, 0.6) is 11.5 Å². The Bertz CT molecular complexity index is 1360. The van der Waals surface area contributed by atoms with E-state index >= 15 is 0 Å². The van der Waals surface area contributed by atoms with Crippen LogP contribution in [0.2, 0.25) is 0 Å². The van der Waals surface area contributed by atoms with Gasteiger partial charge in [0.2, 0.25) is 0 Å². The highest BCUT2D eigenvalue weighted by Gasteiger charge is 2.14. The molecule has 0 atom stereocenters. The summed E-state index contributed by atoms with van der Waals surface area (Å²) in [6, 6.07) is 17.9. The van der Waals surface area contributed by atoms with Crippen molar-refractivity contribution in [3.63, 3.8) is 0 Å². The van der Waals surface area contributed by atoms with Crippen LogP contribution in [0.3, 0.4) is 0 Å². The second-order valence-electron chi connectivity index (χ2n) is 6.63. The molecule has 8 nitrogen and oxygen atoms in total. The van der Waals surface area contributed by atoms with Gasteiger partial charge in [0.05, 0.1) is 37.2 Å². The van der Waals surface area contributed by atoms with Crippen molar-refractivity contribution in [1.29, 1.82) is 0 Å². The maximum Gasteiger partial charge on any atom is 0.276 e. The van der Waals surface area contributed by atoms with E-state index in [1.54, 1.807) is 50.7 Å². The zero-order valence-electron chi connectivity index (χ0n) is 16.9. The highest BCUT2D eigenvalue weighted by Crippen LogP contribution is 2.32. The van der Waals surface area contributed by atoms with E-state index in [1.165, 1.54) is 6.21 Å². The molecule has 0 aliphatic carbocycles. The Hall–Kier alpha value is -3.85. The number of fused-ring (bicyclic) bond motifs is 1. The molecule has 3 aromatic carbocycles. The van der Waals surface area contributed by atoms with Gasteiger partial charge >= 0.3 is 0 Å². The molecule has 1 aromatic heterocycles. The lowest BCUT2D eigenvalue weighted by Gasteiger charge is -2.09. The molecule has 9 heteroatoms. The Morgan fingerprint density at radius 2 is 1.74 bits per heavy atom. The first-order valence-corrected chi connectivity index (χ1v) is 10.8. The SMILES string of the molecule is COc1ccc(-c2[nH]ncc2C=NNS(=O)(=O)c2ccc3ccccc3c2)cc1OC. The van der Waals surface area contributed by atoms with E-state index in [2.05, 4.69) is 20.1 Å². The summed E-state index contributed by atoms with van der Waals surface area (Å²) in [7, 11) is -0.700. The van der Waals surface area contributed by atoms with E-state index in [1.807, 2.05) is 30.3 Å². The molecule has 0 radical (unpaired) electrons. The van der Waals surface area contributed by atoms with Gasteiger partial charge < -0.3 is 9.47 Å². The largest absolute Gasteiger partial charge is 0.493 e. The molecule has 0 aliphatic heterocycles. The molecular weight excluding hydrogens is 416 g/mol. The number of rotatable bonds is 7. The van der Waals surface area contributed by atoms with Crippen LogP contribution < -0.4 is 14.3 Å². The van der Waals surface area contributed by atoms with Gasteiger partial charge in [-0.1, -0.05) is 30.3 Å². The van der Waals surface area contributed by atoms with Gasteiger partial charge in [-0.25, -0.2) is 4.83 Å². The number of methoxy groups -OCH3 is 2. The number of benzene rings is 3. The summed E-state index contributed by atoms with van der Waals surface area (Å²) in [5.41, 5.74) is 2.05. The van der Waals surface area contributed by atoms with Gasteiger partial charge in [0.15, 0.2) is 11.5 Å². The Kier molecular flexibility index (Phi) is 5.59. The molecule has 0 spiro atoms. The molecule has 1 heterocycles. The Morgan fingerprint density at radius 3 is 2.52 bits per heavy atom. The summed E-state index contributed by atoms with van der Waals surface area (Å²) in [5.74, 6) is 1.17. The Morgan fingerprint density at radius 1 is 0.968 bits per heavy atom. The fraction of sp³-hybridized carbons (Fsp3) is 0.0909. The molecule has 0 fully saturated rings. The zero-order valence-corrected chi connectivity index (χ0v) is 17.7. The van der Waals surface area contributed by atoms with Crippen molar-refractivity contribution in [2.24, 2.45) is 5.10 Å². The number of hydrogen-bond donors (Lipinski definition) is 2. The minimum Gasteiger partial charge on any atom is -0.493 e. The zero-order chi connectivity index (χ0) is 21.8. The van der Waals surface area contributed by atoms with E-state index in [-0.39, 0.29) is 4.90 Å². The number of sulfonamides is 1. The van der Waals surface area contributed by atoms with Gasteiger partial charge in [0.25, 0.3) is 10.0 Å². The van der Waals surface area contributed by atoms with Gasteiger partial charge in [0, 0.05) is 11.1 Å². The van der Waals surface area contributed by atoms with Gasteiger partial charge in [-0.05, 0) is 41.1 Å². The normalized spacial score (nSPS) is 11.7. The van der Waals surface area contributed by atoms with Crippen LogP contribution in [-0.2, 0) is 10.0 Å². The molecule has 0 bridgehead atoms. The predicted octanol–water partition coefficient (Wildman–Crippen LogP) is 3.56. The maximum absolute atomic E-state index is 12.6. The number of nitrogens with one attached hydrogen (secondary N) is 2. The second-order valence-corrected chi connectivity index (χ2v) is 8.29. The number of H-pyrrole nitrogens is 1. The summed E-state index contributed by atoms with van der Waals surface area (Å²) in [6.07, 6.45) is 2.95. The minimum atomic E-state index is -3.82. The minimum absolute atomic E-state index is 0.135. The molecule has 0 aliphatic rings. The van der Waals surface area contributed by atoms with Crippen LogP contribution in [0.4, 0.5) is 0 Å². The van der Waals surface area contributed by atoms with Crippen LogP contribution in [0.15, 0.2) is 76.9 Å². The molecule has 4 rings (SSSR count). The highest BCUT2D eigenvalue weighted by atomic mass is 32.2. The van der Waals surface area contributed by atoms with E-state index in [4.69, 9.17) is 9.47 Å². The van der Waals surface area contributed by atoms with Gasteiger partial charge in [-0.2, -0.15) is 18.6 Å². The average molecular weight is 436 g/mol. The lowest BCUT2D eigenvalue weighted by Crippen LogP contribution is -2.18. The lowest BCUT2D eigenvalue weighted by molar-refractivity contribution is 0.355. The van der Waals surface area contributed by atoms with Crippen LogP contribution >= 0.6 is 0 Å². The summed E-state index contributed by atoms with van der Waals surface area (Å²) < 4.78 is 35.9. The monoisotopic (exact) mass is 436 g/mol. The molecular formula is C22H20N4O4S.